The lowest BCUT2D eigenvalue weighted by molar-refractivity contribution is -0.136. The van der Waals surface area contributed by atoms with Crippen LogP contribution in [0.4, 0.5) is 5.69 Å². The molecule has 2 N–H and O–H groups in total. The number of ether oxygens (including phenoxy) is 3. The van der Waals surface area contributed by atoms with Gasteiger partial charge in [-0.1, -0.05) is 30.1 Å². The Bertz CT molecular complexity index is 1310. The third-order valence-electron chi connectivity index (χ3n) is 4.72. The highest BCUT2D eigenvalue weighted by Gasteiger charge is 2.15. The number of amides is 2. The van der Waals surface area contributed by atoms with E-state index >= 15 is 0 Å². The average molecular weight is 544 g/mol. The molecule has 0 aliphatic rings. The Morgan fingerprint density at radius 3 is 2.35 bits per heavy atom. The van der Waals surface area contributed by atoms with E-state index < -0.39 is 17.8 Å². The van der Waals surface area contributed by atoms with Crippen LogP contribution < -0.4 is 25.0 Å². The maximum absolute atomic E-state index is 12.5. The van der Waals surface area contributed by atoms with Crippen molar-refractivity contribution in [3.63, 3.8) is 0 Å². The third-order valence-corrected chi connectivity index (χ3v) is 5.46. The van der Waals surface area contributed by atoms with Crippen LogP contribution in [0.15, 0.2) is 65.8 Å². The van der Waals surface area contributed by atoms with E-state index in [4.69, 9.17) is 37.4 Å². The first kappa shape index (κ1) is 27.5. The molecule has 3 rings (SSSR count). The summed E-state index contributed by atoms with van der Waals surface area (Å²) in [5, 5.41) is 6.70. The number of benzene rings is 3. The molecule has 0 aliphatic heterocycles. The first-order valence-electron chi connectivity index (χ1n) is 11.0. The lowest BCUT2D eigenvalue weighted by Gasteiger charge is -2.10. The fraction of sp³-hybridized carbons (Fsp3) is 0.154. The standard InChI is InChI=1S/C26H23Cl2N3O6/c1-3-12-36-19-8-5-17(6-9-19)26(34)37-22-11-4-16(13-23(22)35-2)15-29-31-25(33)24(32)30-18-7-10-20(27)21(28)14-18/h4-11,13-15H,3,12H2,1-2H3,(H,30,32)(H,31,33). The van der Waals surface area contributed by atoms with Crippen LogP contribution in [0.5, 0.6) is 17.2 Å². The summed E-state index contributed by atoms with van der Waals surface area (Å²) < 4.78 is 16.3. The van der Waals surface area contributed by atoms with Gasteiger partial charge in [0.15, 0.2) is 11.5 Å². The fourth-order valence-corrected chi connectivity index (χ4v) is 3.19. The molecule has 192 valence electrons. The molecule has 3 aromatic rings. The predicted octanol–water partition coefficient (Wildman–Crippen LogP) is 5.10. The first-order valence-corrected chi connectivity index (χ1v) is 11.8. The average Bonchev–Trinajstić information content (AvgIpc) is 2.90. The lowest BCUT2D eigenvalue weighted by atomic mass is 10.2. The van der Waals surface area contributed by atoms with Gasteiger partial charge in [0.1, 0.15) is 5.75 Å². The van der Waals surface area contributed by atoms with Crippen LogP contribution in [-0.2, 0) is 9.59 Å². The normalized spacial score (nSPS) is 10.6. The second-order valence-corrected chi connectivity index (χ2v) is 8.27. The zero-order valence-corrected chi connectivity index (χ0v) is 21.4. The van der Waals surface area contributed by atoms with E-state index in [2.05, 4.69) is 15.8 Å². The molecule has 37 heavy (non-hydrogen) atoms. The molecule has 0 aliphatic carbocycles. The molecule has 0 unspecified atom stereocenters. The zero-order chi connectivity index (χ0) is 26.8. The summed E-state index contributed by atoms with van der Waals surface area (Å²) >= 11 is 11.7. The number of nitrogens with zero attached hydrogens (tertiary/aromatic N) is 1. The Hall–Kier alpha value is -4.08. The van der Waals surface area contributed by atoms with Crippen LogP contribution in [0.25, 0.3) is 0 Å². The largest absolute Gasteiger partial charge is 0.494 e. The molecule has 0 atom stereocenters. The Kier molecular flexibility index (Phi) is 9.88. The molecule has 0 bridgehead atoms. The Morgan fingerprint density at radius 2 is 1.68 bits per heavy atom. The summed E-state index contributed by atoms with van der Waals surface area (Å²) in [7, 11) is 1.42. The minimum absolute atomic E-state index is 0.195. The number of esters is 1. The first-order chi connectivity index (χ1) is 17.8. The van der Waals surface area contributed by atoms with Crippen LogP contribution >= 0.6 is 23.2 Å². The van der Waals surface area contributed by atoms with Crippen LogP contribution in [-0.4, -0.2) is 37.7 Å². The van der Waals surface area contributed by atoms with Crippen LogP contribution in [0.3, 0.4) is 0 Å². The van der Waals surface area contributed by atoms with Gasteiger partial charge in [0.2, 0.25) is 0 Å². The molecular formula is C26H23Cl2N3O6. The molecule has 3 aromatic carbocycles. The smallest absolute Gasteiger partial charge is 0.343 e. The maximum Gasteiger partial charge on any atom is 0.343 e. The lowest BCUT2D eigenvalue weighted by Crippen LogP contribution is -2.32. The minimum atomic E-state index is -0.994. The highest BCUT2D eigenvalue weighted by molar-refractivity contribution is 6.43. The van der Waals surface area contributed by atoms with Gasteiger partial charge in [-0.05, 0) is 72.6 Å². The Balaban J connectivity index is 1.58. The van der Waals surface area contributed by atoms with Gasteiger partial charge in [0.05, 0.1) is 35.5 Å². The van der Waals surface area contributed by atoms with Crippen molar-refractivity contribution < 1.29 is 28.6 Å². The number of nitrogens with one attached hydrogen (secondary N) is 2. The van der Waals surface area contributed by atoms with Gasteiger partial charge >= 0.3 is 17.8 Å². The van der Waals surface area contributed by atoms with E-state index in [9.17, 15) is 14.4 Å². The predicted molar refractivity (Wildman–Crippen MR) is 141 cm³/mol. The third kappa shape index (κ3) is 7.96. The van der Waals surface area contributed by atoms with Gasteiger partial charge in [-0.15, -0.1) is 0 Å². The highest BCUT2D eigenvalue weighted by Crippen LogP contribution is 2.29. The van der Waals surface area contributed by atoms with Gasteiger partial charge in [0.25, 0.3) is 0 Å². The zero-order valence-electron chi connectivity index (χ0n) is 19.9. The quantitative estimate of drug-likeness (QED) is 0.127. The van der Waals surface area contributed by atoms with Crippen molar-refractivity contribution in [1.82, 2.24) is 5.43 Å². The van der Waals surface area contributed by atoms with E-state index in [-0.39, 0.29) is 16.5 Å². The van der Waals surface area contributed by atoms with Crippen molar-refractivity contribution in [3.05, 3.63) is 81.8 Å². The van der Waals surface area contributed by atoms with Crippen LogP contribution in [0, 0.1) is 0 Å². The van der Waals surface area contributed by atoms with Crippen molar-refractivity contribution in [3.8, 4) is 17.2 Å². The summed E-state index contributed by atoms with van der Waals surface area (Å²) in [6.45, 7) is 2.60. The summed E-state index contributed by atoms with van der Waals surface area (Å²) in [6.07, 6.45) is 2.18. The second kappa shape index (κ2) is 13.3. The van der Waals surface area contributed by atoms with Crippen molar-refractivity contribution in [2.75, 3.05) is 19.0 Å². The number of hydrogen-bond acceptors (Lipinski definition) is 7. The molecule has 0 heterocycles. The van der Waals surface area contributed by atoms with E-state index in [1.54, 1.807) is 36.4 Å². The Labute approximate surface area is 223 Å². The van der Waals surface area contributed by atoms with E-state index in [0.717, 1.165) is 6.42 Å². The number of carbonyl (C=O) groups is 3. The van der Waals surface area contributed by atoms with Gasteiger partial charge in [-0.25, -0.2) is 10.2 Å². The summed E-state index contributed by atoms with van der Waals surface area (Å²) in [4.78, 5) is 36.6. The molecule has 11 heteroatoms. The number of halogens is 2. The molecule has 0 spiro atoms. The number of hydrazone groups is 1. The van der Waals surface area contributed by atoms with E-state index in [0.29, 0.717) is 34.2 Å². The van der Waals surface area contributed by atoms with E-state index in [1.165, 1.54) is 37.6 Å². The van der Waals surface area contributed by atoms with E-state index in [1.807, 2.05) is 6.92 Å². The molecular weight excluding hydrogens is 521 g/mol. The van der Waals surface area contributed by atoms with Gasteiger partial charge in [-0.2, -0.15) is 5.10 Å². The minimum Gasteiger partial charge on any atom is -0.494 e. The number of carbonyl (C=O) groups excluding carboxylic acids is 3. The topological polar surface area (TPSA) is 115 Å². The molecule has 9 nitrogen and oxygen atoms in total. The van der Waals surface area contributed by atoms with Crippen LogP contribution in [0.2, 0.25) is 10.0 Å². The molecule has 0 radical (unpaired) electrons. The molecule has 0 saturated heterocycles. The van der Waals surface area contributed by atoms with Crippen molar-refractivity contribution in [2.45, 2.75) is 13.3 Å². The second-order valence-electron chi connectivity index (χ2n) is 7.45. The molecule has 0 fully saturated rings. The van der Waals surface area contributed by atoms with Gasteiger partial charge in [-0.3, -0.25) is 9.59 Å². The highest BCUT2D eigenvalue weighted by atomic mass is 35.5. The maximum atomic E-state index is 12.5. The summed E-state index contributed by atoms with van der Waals surface area (Å²) in [5.41, 5.74) is 3.28. The van der Waals surface area contributed by atoms with Crippen molar-refractivity contribution in [2.24, 2.45) is 5.10 Å². The van der Waals surface area contributed by atoms with Crippen LogP contribution in [0.1, 0.15) is 29.3 Å². The number of rotatable bonds is 9. The fourth-order valence-electron chi connectivity index (χ4n) is 2.89. The number of anilines is 1. The monoisotopic (exact) mass is 543 g/mol. The van der Waals surface area contributed by atoms with Crippen molar-refractivity contribution in [1.29, 1.82) is 0 Å². The number of hydrogen-bond donors (Lipinski definition) is 2. The molecule has 0 aromatic heterocycles. The SMILES string of the molecule is CCCOc1ccc(C(=O)Oc2ccc(C=NNC(=O)C(=O)Nc3ccc(Cl)c(Cl)c3)cc2OC)cc1. The van der Waals surface area contributed by atoms with Gasteiger partial charge in [0, 0.05) is 5.69 Å². The molecule has 0 saturated carbocycles. The van der Waals surface area contributed by atoms with Gasteiger partial charge < -0.3 is 19.5 Å². The molecule has 2 amide bonds. The van der Waals surface area contributed by atoms with Crippen molar-refractivity contribution >= 4 is 52.9 Å². The summed E-state index contributed by atoms with van der Waals surface area (Å²) in [5.74, 6) is -1.38. The summed E-state index contributed by atoms with van der Waals surface area (Å²) in [6, 6.07) is 15.7. The Morgan fingerprint density at radius 1 is 0.919 bits per heavy atom. The number of methoxy groups -OCH3 is 1.